The van der Waals surface area contributed by atoms with Gasteiger partial charge in [0.2, 0.25) is 5.91 Å². The molecule has 0 bridgehead atoms. The zero-order valence-corrected chi connectivity index (χ0v) is 11.5. The third-order valence-corrected chi connectivity index (χ3v) is 2.94. The predicted octanol–water partition coefficient (Wildman–Crippen LogP) is 2.13. The monoisotopic (exact) mass is 228 g/mol. The van der Waals surface area contributed by atoms with Crippen LogP contribution in [0.1, 0.15) is 40.0 Å². The summed E-state index contributed by atoms with van der Waals surface area (Å²) in [5, 5.41) is 3.08. The first-order valence-electron chi connectivity index (χ1n) is 6.42. The summed E-state index contributed by atoms with van der Waals surface area (Å²) in [5.41, 5.74) is 0. The molecule has 0 heterocycles. The van der Waals surface area contributed by atoms with Gasteiger partial charge in [0.05, 0.1) is 5.92 Å². The minimum Gasteiger partial charge on any atom is -0.345 e. The number of hydrogen-bond donors (Lipinski definition) is 1. The minimum atomic E-state index is 0.133. The summed E-state index contributed by atoms with van der Waals surface area (Å²) in [4.78, 5) is 13.9. The molecular weight excluding hydrogens is 200 g/mol. The van der Waals surface area contributed by atoms with Gasteiger partial charge in [0.15, 0.2) is 0 Å². The van der Waals surface area contributed by atoms with Gasteiger partial charge in [0.1, 0.15) is 0 Å². The van der Waals surface area contributed by atoms with Gasteiger partial charge < -0.3 is 10.2 Å². The van der Waals surface area contributed by atoms with E-state index in [1.54, 1.807) is 0 Å². The van der Waals surface area contributed by atoms with Gasteiger partial charge in [-0.1, -0.05) is 20.8 Å². The largest absolute Gasteiger partial charge is 0.345 e. The van der Waals surface area contributed by atoms with Gasteiger partial charge in [-0.15, -0.1) is 0 Å². The lowest BCUT2D eigenvalue weighted by Crippen LogP contribution is -2.37. The molecule has 0 spiro atoms. The van der Waals surface area contributed by atoms with E-state index in [0.29, 0.717) is 0 Å². The molecule has 1 amide bonds. The Kier molecular flexibility index (Phi) is 8.26. The fourth-order valence-corrected chi connectivity index (χ4v) is 1.81. The second-order valence-electron chi connectivity index (χ2n) is 4.96. The fraction of sp³-hybridized carbons (Fsp3) is 0.923. The SMILES string of the molecule is CCC(CNC)C(=O)N(C)CCCC(C)C. The van der Waals surface area contributed by atoms with E-state index in [2.05, 4.69) is 26.1 Å². The first-order chi connectivity index (χ1) is 7.52. The molecule has 0 aromatic carbocycles. The van der Waals surface area contributed by atoms with Gasteiger partial charge in [-0.05, 0) is 32.2 Å². The standard InChI is InChI=1S/C13H28N2O/c1-6-12(10-14-4)13(16)15(5)9-7-8-11(2)3/h11-12,14H,6-10H2,1-5H3. The molecule has 0 aromatic rings. The third-order valence-electron chi connectivity index (χ3n) is 2.94. The molecule has 0 saturated heterocycles. The van der Waals surface area contributed by atoms with E-state index in [0.717, 1.165) is 31.8 Å². The Morgan fingerprint density at radius 2 is 2.00 bits per heavy atom. The van der Waals surface area contributed by atoms with Gasteiger partial charge >= 0.3 is 0 Å². The van der Waals surface area contributed by atoms with Crippen molar-refractivity contribution in [2.24, 2.45) is 11.8 Å². The van der Waals surface area contributed by atoms with Crippen LogP contribution in [0.25, 0.3) is 0 Å². The van der Waals surface area contributed by atoms with Crippen LogP contribution >= 0.6 is 0 Å². The first kappa shape index (κ1) is 15.4. The van der Waals surface area contributed by atoms with Crippen molar-refractivity contribution < 1.29 is 4.79 Å². The average molecular weight is 228 g/mol. The summed E-state index contributed by atoms with van der Waals surface area (Å²) in [5.74, 6) is 1.14. The molecule has 3 heteroatoms. The van der Waals surface area contributed by atoms with Crippen LogP contribution < -0.4 is 5.32 Å². The van der Waals surface area contributed by atoms with Gasteiger partial charge in [-0.2, -0.15) is 0 Å². The molecule has 0 aliphatic heterocycles. The van der Waals surface area contributed by atoms with E-state index in [-0.39, 0.29) is 11.8 Å². The maximum Gasteiger partial charge on any atom is 0.226 e. The van der Waals surface area contributed by atoms with Crippen molar-refractivity contribution in [1.82, 2.24) is 10.2 Å². The van der Waals surface area contributed by atoms with Crippen molar-refractivity contribution in [3.63, 3.8) is 0 Å². The molecule has 0 aromatic heterocycles. The van der Waals surface area contributed by atoms with Crippen LogP contribution in [-0.4, -0.2) is 38.0 Å². The van der Waals surface area contributed by atoms with Crippen molar-refractivity contribution in [2.75, 3.05) is 27.2 Å². The van der Waals surface area contributed by atoms with E-state index >= 15 is 0 Å². The smallest absolute Gasteiger partial charge is 0.226 e. The molecule has 0 rings (SSSR count). The Morgan fingerprint density at radius 3 is 2.44 bits per heavy atom. The van der Waals surface area contributed by atoms with Crippen LogP contribution in [0.3, 0.4) is 0 Å². The molecule has 3 nitrogen and oxygen atoms in total. The minimum absolute atomic E-state index is 0.133. The van der Waals surface area contributed by atoms with Gasteiger partial charge in [0.25, 0.3) is 0 Å². The molecule has 0 aliphatic rings. The van der Waals surface area contributed by atoms with Gasteiger partial charge in [-0.3, -0.25) is 4.79 Å². The third kappa shape index (κ3) is 6.11. The second-order valence-corrected chi connectivity index (χ2v) is 4.96. The molecule has 1 N–H and O–H groups in total. The Balaban J connectivity index is 3.95. The Morgan fingerprint density at radius 1 is 1.38 bits per heavy atom. The Labute approximate surface area is 101 Å². The maximum atomic E-state index is 12.0. The van der Waals surface area contributed by atoms with Crippen LogP contribution in [-0.2, 0) is 4.79 Å². The lowest BCUT2D eigenvalue weighted by molar-refractivity contribution is -0.134. The quantitative estimate of drug-likeness (QED) is 0.690. The number of carbonyl (C=O) groups excluding carboxylic acids is 1. The van der Waals surface area contributed by atoms with E-state index in [1.807, 2.05) is 19.0 Å². The molecule has 16 heavy (non-hydrogen) atoms. The number of carbonyl (C=O) groups is 1. The molecular formula is C13H28N2O. The van der Waals surface area contributed by atoms with Crippen LogP contribution in [0, 0.1) is 11.8 Å². The highest BCUT2D eigenvalue weighted by Gasteiger charge is 2.19. The van der Waals surface area contributed by atoms with Crippen LogP contribution in [0.2, 0.25) is 0 Å². The predicted molar refractivity (Wildman–Crippen MR) is 69.4 cm³/mol. The molecule has 1 atom stereocenters. The number of nitrogens with zero attached hydrogens (tertiary/aromatic N) is 1. The normalized spacial score (nSPS) is 12.9. The number of rotatable bonds is 8. The number of hydrogen-bond acceptors (Lipinski definition) is 2. The van der Waals surface area contributed by atoms with E-state index in [9.17, 15) is 4.79 Å². The molecule has 0 saturated carbocycles. The Hall–Kier alpha value is -0.570. The lowest BCUT2D eigenvalue weighted by Gasteiger charge is -2.23. The summed E-state index contributed by atoms with van der Waals surface area (Å²) < 4.78 is 0. The van der Waals surface area contributed by atoms with Crippen molar-refractivity contribution in [1.29, 1.82) is 0 Å². The van der Waals surface area contributed by atoms with Gasteiger partial charge in [0, 0.05) is 20.1 Å². The number of amides is 1. The van der Waals surface area contributed by atoms with E-state index < -0.39 is 0 Å². The average Bonchev–Trinajstić information content (AvgIpc) is 2.24. The number of nitrogens with one attached hydrogen (secondary N) is 1. The summed E-state index contributed by atoms with van der Waals surface area (Å²) in [6.07, 6.45) is 3.21. The van der Waals surface area contributed by atoms with Crippen molar-refractivity contribution >= 4 is 5.91 Å². The van der Waals surface area contributed by atoms with Crippen molar-refractivity contribution in [2.45, 2.75) is 40.0 Å². The van der Waals surface area contributed by atoms with Crippen molar-refractivity contribution in [3.05, 3.63) is 0 Å². The molecule has 96 valence electrons. The van der Waals surface area contributed by atoms with E-state index in [4.69, 9.17) is 0 Å². The zero-order chi connectivity index (χ0) is 12.6. The highest BCUT2D eigenvalue weighted by Crippen LogP contribution is 2.08. The van der Waals surface area contributed by atoms with Gasteiger partial charge in [-0.25, -0.2) is 0 Å². The molecule has 1 unspecified atom stereocenters. The molecule has 0 aliphatic carbocycles. The fourth-order valence-electron chi connectivity index (χ4n) is 1.81. The summed E-state index contributed by atoms with van der Waals surface area (Å²) in [7, 11) is 3.82. The van der Waals surface area contributed by atoms with Crippen LogP contribution in [0.15, 0.2) is 0 Å². The van der Waals surface area contributed by atoms with Crippen LogP contribution in [0.5, 0.6) is 0 Å². The first-order valence-corrected chi connectivity index (χ1v) is 6.42. The maximum absolute atomic E-state index is 12.0. The van der Waals surface area contributed by atoms with E-state index in [1.165, 1.54) is 6.42 Å². The Bertz CT molecular complexity index is 192. The zero-order valence-electron chi connectivity index (χ0n) is 11.5. The highest BCUT2D eigenvalue weighted by atomic mass is 16.2. The molecule has 0 radical (unpaired) electrons. The van der Waals surface area contributed by atoms with Crippen LogP contribution in [0.4, 0.5) is 0 Å². The topological polar surface area (TPSA) is 32.3 Å². The summed E-state index contributed by atoms with van der Waals surface area (Å²) in [6.45, 7) is 8.18. The summed E-state index contributed by atoms with van der Waals surface area (Å²) >= 11 is 0. The lowest BCUT2D eigenvalue weighted by atomic mass is 10.0. The summed E-state index contributed by atoms with van der Waals surface area (Å²) in [6, 6.07) is 0. The second kappa shape index (κ2) is 8.57. The molecule has 0 fully saturated rings. The van der Waals surface area contributed by atoms with Crippen molar-refractivity contribution in [3.8, 4) is 0 Å². The highest BCUT2D eigenvalue weighted by molar-refractivity contribution is 5.78.